The van der Waals surface area contributed by atoms with Crippen LogP contribution in [-0.2, 0) is 22.6 Å². The summed E-state index contributed by atoms with van der Waals surface area (Å²) < 4.78 is 13.3. The van der Waals surface area contributed by atoms with Gasteiger partial charge in [0.05, 0.1) is 38.1 Å². The van der Waals surface area contributed by atoms with Gasteiger partial charge in [0.1, 0.15) is 11.9 Å². The minimum atomic E-state index is -0.980. The Labute approximate surface area is 173 Å². The Hall–Kier alpha value is -2.16. The summed E-state index contributed by atoms with van der Waals surface area (Å²) in [5.41, 5.74) is 1.78. The first-order chi connectivity index (χ1) is 14.1. The highest BCUT2D eigenvalue weighted by Crippen LogP contribution is 2.37. The third kappa shape index (κ3) is 3.60. The van der Waals surface area contributed by atoms with Crippen LogP contribution in [-0.4, -0.2) is 56.3 Å². The van der Waals surface area contributed by atoms with E-state index >= 15 is 0 Å². The number of amides is 1. The number of rotatable bonds is 3. The second-order valence-electron chi connectivity index (χ2n) is 7.99. The van der Waals surface area contributed by atoms with Crippen molar-refractivity contribution in [2.24, 2.45) is 0 Å². The lowest BCUT2D eigenvalue weighted by Crippen LogP contribution is -2.40. The van der Waals surface area contributed by atoms with E-state index in [-0.39, 0.29) is 31.2 Å². The summed E-state index contributed by atoms with van der Waals surface area (Å²) in [6.45, 7) is 1.89. The molecule has 2 fully saturated rings. The second-order valence-corrected chi connectivity index (χ2v) is 8.43. The van der Waals surface area contributed by atoms with Crippen LogP contribution < -0.4 is 0 Å². The fraction of sp³-hybridized carbons (Fsp3) is 0.550. The third-order valence-electron chi connectivity index (χ3n) is 6.03. The van der Waals surface area contributed by atoms with Gasteiger partial charge in [-0.3, -0.25) is 9.47 Å². The molecular weight excluding hydrogens is 396 g/mol. The maximum Gasteiger partial charge on any atom is 0.408 e. The van der Waals surface area contributed by atoms with Gasteiger partial charge in [-0.1, -0.05) is 11.6 Å². The first-order valence-electron chi connectivity index (χ1n) is 10.0. The molecule has 1 saturated heterocycles. The number of benzene rings is 1. The van der Waals surface area contributed by atoms with Crippen molar-refractivity contribution in [3.8, 4) is 5.69 Å². The fourth-order valence-electron chi connectivity index (χ4n) is 4.45. The predicted octanol–water partition coefficient (Wildman–Crippen LogP) is 3.36. The molecule has 1 saturated carbocycles. The van der Waals surface area contributed by atoms with Gasteiger partial charge in [0.25, 0.3) is 0 Å². The van der Waals surface area contributed by atoms with Gasteiger partial charge in [0.15, 0.2) is 5.82 Å². The van der Waals surface area contributed by atoms with Crippen molar-refractivity contribution in [2.45, 2.75) is 56.9 Å². The number of carboxylic acid groups (broad SMARTS) is 1. The first kappa shape index (κ1) is 18.8. The summed E-state index contributed by atoms with van der Waals surface area (Å²) in [4.78, 5) is 13.0. The third-order valence-corrected chi connectivity index (χ3v) is 6.27. The molecule has 1 aromatic carbocycles. The van der Waals surface area contributed by atoms with E-state index in [1.54, 1.807) is 0 Å². The molecule has 2 aliphatic heterocycles. The van der Waals surface area contributed by atoms with Gasteiger partial charge < -0.3 is 14.6 Å². The first-order valence-corrected chi connectivity index (χ1v) is 10.4. The number of carbonyl (C=O) groups is 1. The Bertz CT molecular complexity index is 921. The molecule has 8 nitrogen and oxygen atoms in total. The van der Waals surface area contributed by atoms with Crippen LogP contribution in [0.5, 0.6) is 0 Å². The van der Waals surface area contributed by atoms with E-state index in [2.05, 4.69) is 10.2 Å². The summed E-state index contributed by atoms with van der Waals surface area (Å²) in [6, 6.07) is 5.59. The molecule has 1 aromatic heterocycles. The summed E-state index contributed by atoms with van der Waals surface area (Å²) in [7, 11) is 0. The maximum atomic E-state index is 11.7. The van der Waals surface area contributed by atoms with Gasteiger partial charge in [-0.25, -0.2) is 4.79 Å². The van der Waals surface area contributed by atoms with Crippen molar-refractivity contribution < 1.29 is 19.4 Å². The van der Waals surface area contributed by atoms with E-state index < -0.39 is 6.09 Å². The van der Waals surface area contributed by atoms with Crippen molar-refractivity contribution in [2.75, 3.05) is 13.2 Å². The smallest absolute Gasteiger partial charge is 0.408 e. The average molecular weight is 419 g/mol. The Morgan fingerprint density at radius 2 is 1.93 bits per heavy atom. The van der Waals surface area contributed by atoms with Crippen molar-refractivity contribution in [1.82, 2.24) is 19.7 Å². The zero-order valence-corrected chi connectivity index (χ0v) is 16.7. The standard InChI is InChI=1S/C20H23ClN4O4/c21-14-3-6-17-13(7-14)8-24(20(26)27)9-18-22-23-19(25(17)18)12-1-4-15(5-2-12)29-16-10-28-11-16/h3,6-7,12,15-16H,1-2,4-5,8-11H2,(H,26,27). The molecule has 29 heavy (non-hydrogen) atoms. The molecule has 1 N–H and O–H groups in total. The van der Waals surface area contributed by atoms with E-state index in [1.807, 2.05) is 22.8 Å². The minimum Gasteiger partial charge on any atom is -0.465 e. The van der Waals surface area contributed by atoms with Crippen LogP contribution in [0.15, 0.2) is 18.2 Å². The summed E-state index contributed by atoms with van der Waals surface area (Å²) in [5, 5.41) is 19.0. The highest BCUT2D eigenvalue weighted by Gasteiger charge is 2.33. The molecule has 154 valence electrons. The van der Waals surface area contributed by atoms with E-state index in [0.29, 0.717) is 24.1 Å². The lowest BCUT2D eigenvalue weighted by molar-refractivity contribution is -0.160. The number of nitrogens with zero attached hydrogens (tertiary/aromatic N) is 4. The maximum absolute atomic E-state index is 11.7. The molecule has 0 spiro atoms. The zero-order valence-electron chi connectivity index (χ0n) is 16.0. The van der Waals surface area contributed by atoms with E-state index in [0.717, 1.165) is 42.8 Å². The Balaban J connectivity index is 1.43. The topological polar surface area (TPSA) is 89.7 Å². The number of hydrogen-bond acceptors (Lipinski definition) is 5. The van der Waals surface area contributed by atoms with Gasteiger partial charge in [0.2, 0.25) is 0 Å². The molecule has 3 aliphatic rings. The van der Waals surface area contributed by atoms with E-state index in [1.165, 1.54) is 4.90 Å². The molecule has 1 amide bonds. The van der Waals surface area contributed by atoms with Crippen molar-refractivity contribution in [1.29, 1.82) is 0 Å². The number of aromatic nitrogens is 3. The number of ether oxygens (including phenoxy) is 2. The normalized spacial score (nSPS) is 24.4. The van der Waals surface area contributed by atoms with Crippen molar-refractivity contribution >= 4 is 17.7 Å². The van der Waals surface area contributed by atoms with Crippen molar-refractivity contribution in [3.63, 3.8) is 0 Å². The summed E-state index contributed by atoms with van der Waals surface area (Å²) in [6.07, 6.45) is 3.46. The molecule has 3 heterocycles. The summed E-state index contributed by atoms with van der Waals surface area (Å²) >= 11 is 6.19. The lowest BCUT2D eigenvalue weighted by Gasteiger charge is -2.34. The fourth-order valence-corrected chi connectivity index (χ4v) is 4.64. The van der Waals surface area contributed by atoms with Crippen LogP contribution in [0.25, 0.3) is 5.69 Å². The molecular formula is C20H23ClN4O4. The molecule has 1 aliphatic carbocycles. The average Bonchev–Trinajstić information content (AvgIpc) is 3.01. The highest BCUT2D eigenvalue weighted by molar-refractivity contribution is 6.30. The molecule has 0 unspecified atom stereocenters. The second kappa shape index (κ2) is 7.59. The zero-order chi connectivity index (χ0) is 20.0. The van der Waals surface area contributed by atoms with Crippen LogP contribution in [0.3, 0.4) is 0 Å². The molecule has 0 radical (unpaired) electrons. The van der Waals surface area contributed by atoms with Gasteiger partial charge in [-0.05, 0) is 49.4 Å². The molecule has 5 rings (SSSR count). The number of hydrogen-bond donors (Lipinski definition) is 1. The largest absolute Gasteiger partial charge is 0.465 e. The Morgan fingerprint density at radius 1 is 1.14 bits per heavy atom. The van der Waals surface area contributed by atoms with Crippen LogP contribution in [0.4, 0.5) is 4.79 Å². The molecule has 0 bridgehead atoms. The predicted molar refractivity (Wildman–Crippen MR) is 104 cm³/mol. The quantitative estimate of drug-likeness (QED) is 0.822. The van der Waals surface area contributed by atoms with E-state index in [4.69, 9.17) is 21.1 Å². The highest BCUT2D eigenvalue weighted by atomic mass is 35.5. The SMILES string of the molecule is O=C(O)N1Cc2cc(Cl)ccc2-n2c(nnc2C2CCC(OC3COC3)CC2)C1. The Kier molecular flexibility index (Phi) is 4.93. The van der Waals surface area contributed by atoms with Crippen LogP contribution in [0, 0.1) is 0 Å². The lowest BCUT2D eigenvalue weighted by atomic mass is 9.86. The van der Waals surface area contributed by atoms with Gasteiger partial charge in [-0.2, -0.15) is 0 Å². The number of halogens is 1. The minimum absolute atomic E-state index is 0.203. The summed E-state index contributed by atoms with van der Waals surface area (Å²) in [5.74, 6) is 1.82. The molecule has 9 heteroatoms. The van der Waals surface area contributed by atoms with Crippen LogP contribution in [0.1, 0.15) is 48.8 Å². The van der Waals surface area contributed by atoms with Crippen LogP contribution in [0.2, 0.25) is 5.02 Å². The van der Waals surface area contributed by atoms with Gasteiger partial charge in [-0.15, -0.1) is 10.2 Å². The van der Waals surface area contributed by atoms with Gasteiger partial charge >= 0.3 is 6.09 Å². The van der Waals surface area contributed by atoms with Crippen molar-refractivity contribution in [3.05, 3.63) is 40.4 Å². The number of fused-ring (bicyclic) bond motifs is 3. The molecule has 2 aromatic rings. The monoisotopic (exact) mass is 418 g/mol. The molecule has 0 atom stereocenters. The van der Waals surface area contributed by atoms with Crippen LogP contribution >= 0.6 is 11.6 Å². The van der Waals surface area contributed by atoms with E-state index in [9.17, 15) is 9.90 Å². The Morgan fingerprint density at radius 3 is 2.62 bits per heavy atom. The van der Waals surface area contributed by atoms with Gasteiger partial charge in [0, 0.05) is 10.9 Å².